The van der Waals surface area contributed by atoms with E-state index in [0.717, 1.165) is 25.8 Å². The van der Waals surface area contributed by atoms with Gasteiger partial charge in [0.2, 0.25) is 12.2 Å². The number of aromatic nitrogens is 2. The number of carbonyl (C=O) groups is 2. The van der Waals surface area contributed by atoms with E-state index in [1.54, 1.807) is 34.7 Å². The summed E-state index contributed by atoms with van der Waals surface area (Å²) in [5.41, 5.74) is -0.700. The van der Waals surface area contributed by atoms with E-state index in [9.17, 15) is 14.4 Å². The Kier molecular flexibility index (Phi) is 6.41. The lowest BCUT2D eigenvalue weighted by molar-refractivity contribution is -0.143. The molecule has 1 aromatic heterocycles. The molecule has 1 amide bonds. The van der Waals surface area contributed by atoms with Gasteiger partial charge in [0.25, 0.3) is 0 Å². The van der Waals surface area contributed by atoms with Crippen LogP contribution in [0.5, 0.6) is 5.75 Å². The number of hydrogen-bond donors (Lipinski definition) is 0. The maximum Gasteiger partial charge on any atom is 0.316 e. The topological polar surface area (TPSA) is 84.7 Å². The highest BCUT2D eigenvalue weighted by Crippen LogP contribution is 2.30. The van der Waals surface area contributed by atoms with Crippen molar-refractivity contribution in [2.24, 2.45) is 5.41 Å². The summed E-state index contributed by atoms with van der Waals surface area (Å²) in [6, 6.07) is 0.0327. The molecule has 1 aliphatic rings. The second-order valence-corrected chi connectivity index (χ2v) is 8.21. The van der Waals surface area contributed by atoms with Gasteiger partial charge in [-0.25, -0.2) is 0 Å². The quantitative estimate of drug-likeness (QED) is 0.549. The van der Waals surface area contributed by atoms with Crippen LogP contribution in [0.4, 0.5) is 0 Å². The zero-order valence-electron chi connectivity index (χ0n) is 17.1. The van der Waals surface area contributed by atoms with Crippen LogP contribution in [-0.4, -0.2) is 58.9 Å². The molecule has 0 saturated carbocycles. The lowest BCUT2D eigenvalue weighted by atomic mass is 9.97. The van der Waals surface area contributed by atoms with Crippen molar-refractivity contribution in [2.75, 3.05) is 27.2 Å². The summed E-state index contributed by atoms with van der Waals surface area (Å²) >= 11 is 0. The van der Waals surface area contributed by atoms with Gasteiger partial charge in [0.1, 0.15) is 5.82 Å². The molecule has 1 saturated heterocycles. The molecule has 150 valence electrons. The Bertz CT molecular complexity index is 766. The van der Waals surface area contributed by atoms with Crippen molar-refractivity contribution < 1.29 is 14.3 Å². The first-order valence-electron chi connectivity index (χ1n) is 9.25. The summed E-state index contributed by atoms with van der Waals surface area (Å²) in [5, 5.41) is 0. The van der Waals surface area contributed by atoms with Crippen LogP contribution in [0.1, 0.15) is 51.2 Å². The van der Waals surface area contributed by atoms with Gasteiger partial charge in [-0.2, -0.15) is 4.98 Å². The summed E-state index contributed by atoms with van der Waals surface area (Å²) in [4.78, 5) is 43.9. The van der Waals surface area contributed by atoms with Gasteiger partial charge in [-0.1, -0.05) is 0 Å². The fraction of sp³-hybridized carbons (Fsp3) is 0.684. The van der Waals surface area contributed by atoms with Crippen LogP contribution in [0.3, 0.4) is 0 Å². The molecule has 0 N–H and O–H groups in total. The first-order valence-corrected chi connectivity index (χ1v) is 9.25. The molecule has 1 atom stereocenters. The Balaban J connectivity index is 2.49. The number of rotatable bonds is 6. The summed E-state index contributed by atoms with van der Waals surface area (Å²) in [7, 11) is 3.70. The number of nitrogens with zero attached hydrogens (tertiary/aromatic N) is 4. The maximum atomic E-state index is 12.6. The number of ether oxygens (including phenoxy) is 1. The number of hydrogen-bond acceptors (Lipinski definition) is 6. The van der Waals surface area contributed by atoms with Crippen LogP contribution in [-0.2, 0) is 16.1 Å². The van der Waals surface area contributed by atoms with Gasteiger partial charge in [0, 0.05) is 20.1 Å². The normalized spacial score (nSPS) is 17.8. The van der Waals surface area contributed by atoms with Crippen LogP contribution in [0, 0.1) is 12.3 Å². The standard InChI is InChI=1S/C19H30N4O4/c1-13-15(27-18(26)19(2,3)4)17(25)20-16(14-8-7-9-22(14)6)23(13)11-10-21(5)12-24/h12,14H,7-11H2,1-6H3. The molecule has 1 aromatic rings. The minimum absolute atomic E-state index is 0.0327. The highest BCUT2D eigenvalue weighted by molar-refractivity contribution is 5.77. The third kappa shape index (κ3) is 4.74. The lowest BCUT2D eigenvalue weighted by Crippen LogP contribution is -2.34. The van der Waals surface area contributed by atoms with Crippen molar-refractivity contribution in [1.82, 2.24) is 19.4 Å². The molecule has 0 aromatic carbocycles. The molecule has 1 fully saturated rings. The number of likely N-dealkylation sites (tertiary alicyclic amines) is 1. The van der Waals surface area contributed by atoms with Crippen LogP contribution in [0.15, 0.2) is 4.79 Å². The Morgan fingerprint density at radius 3 is 2.59 bits per heavy atom. The van der Waals surface area contributed by atoms with E-state index in [2.05, 4.69) is 9.88 Å². The SMILES string of the molecule is Cc1c(OC(=O)C(C)(C)C)c(=O)nc(C2CCCN2C)n1CCN(C)C=O. The molecule has 1 unspecified atom stereocenters. The van der Waals surface area contributed by atoms with Gasteiger partial charge in [-0.3, -0.25) is 19.3 Å². The second-order valence-electron chi connectivity index (χ2n) is 8.21. The molecule has 2 heterocycles. The molecule has 1 aliphatic heterocycles. The molecule has 0 bridgehead atoms. The molecule has 0 radical (unpaired) electrons. The first-order chi connectivity index (χ1) is 12.6. The van der Waals surface area contributed by atoms with Gasteiger partial charge in [-0.15, -0.1) is 0 Å². The third-order valence-corrected chi connectivity index (χ3v) is 4.90. The van der Waals surface area contributed by atoms with Gasteiger partial charge in [0.15, 0.2) is 0 Å². The van der Waals surface area contributed by atoms with Crippen molar-refractivity contribution in [2.45, 2.75) is 53.1 Å². The van der Waals surface area contributed by atoms with Crippen LogP contribution < -0.4 is 10.3 Å². The van der Waals surface area contributed by atoms with Crippen molar-refractivity contribution in [3.8, 4) is 5.75 Å². The van der Waals surface area contributed by atoms with Crippen molar-refractivity contribution in [3.63, 3.8) is 0 Å². The van der Waals surface area contributed by atoms with Crippen LogP contribution in [0.25, 0.3) is 0 Å². The first kappa shape index (κ1) is 21.1. The fourth-order valence-electron chi connectivity index (χ4n) is 3.11. The minimum atomic E-state index is -0.730. The summed E-state index contributed by atoms with van der Waals surface area (Å²) in [6.45, 7) is 8.83. The van der Waals surface area contributed by atoms with E-state index in [0.29, 0.717) is 24.6 Å². The predicted octanol–water partition coefficient (Wildman–Crippen LogP) is 1.36. The molecule has 2 rings (SSSR count). The molecule has 8 nitrogen and oxygen atoms in total. The summed E-state index contributed by atoms with van der Waals surface area (Å²) in [6.07, 6.45) is 2.70. The molecular weight excluding hydrogens is 348 g/mol. The molecule has 0 aliphatic carbocycles. The highest BCUT2D eigenvalue weighted by atomic mass is 16.5. The van der Waals surface area contributed by atoms with Crippen LogP contribution >= 0.6 is 0 Å². The Morgan fingerprint density at radius 1 is 1.41 bits per heavy atom. The zero-order chi connectivity index (χ0) is 20.4. The van der Waals surface area contributed by atoms with Crippen molar-refractivity contribution in [1.29, 1.82) is 0 Å². The molecule has 0 spiro atoms. The van der Waals surface area contributed by atoms with Crippen molar-refractivity contribution >= 4 is 12.4 Å². The molecular formula is C19H30N4O4. The van der Waals surface area contributed by atoms with Crippen LogP contribution in [0.2, 0.25) is 0 Å². The largest absolute Gasteiger partial charge is 0.418 e. The van der Waals surface area contributed by atoms with E-state index in [1.165, 1.54) is 4.90 Å². The van der Waals surface area contributed by atoms with Gasteiger partial charge < -0.3 is 14.2 Å². The number of amides is 1. The van der Waals surface area contributed by atoms with Gasteiger partial charge in [-0.05, 0) is 54.1 Å². The van der Waals surface area contributed by atoms with Gasteiger partial charge in [0.05, 0.1) is 17.2 Å². The van der Waals surface area contributed by atoms with Gasteiger partial charge >= 0.3 is 11.5 Å². The van der Waals surface area contributed by atoms with E-state index in [-0.39, 0.29) is 11.8 Å². The monoisotopic (exact) mass is 378 g/mol. The van der Waals surface area contributed by atoms with E-state index in [1.807, 2.05) is 11.6 Å². The summed E-state index contributed by atoms with van der Waals surface area (Å²) in [5.74, 6) is 0.146. The Morgan fingerprint density at radius 2 is 2.07 bits per heavy atom. The van der Waals surface area contributed by atoms with E-state index in [4.69, 9.17) is 4.74 Å². The zero-order valence-corrected chi connectivity index (χ0v) is 17.1. The number of esters is 1. The number of likely N-dealkylation sites (N-methyl/N-ethyl adjacent to an activating group) is 1. The smallest absolute Gasteiger partial charge is 0.316 e. The molecule has 8 heteroatoms. The molecule has 27 heavy (non-hydrogen) atoms. The van der Waals surface area contributed by atoms with E-state index < -0.39 is 16.9 Å². The lowest BCUT2D eigenvalue weighted by Gasteiger charge is -2.26. The van der Waals surface area contributed by atoms with E-state index >= 15 is 0 Å². The Hall–Kier alpha value is -2.22. The summed E-state index contributed by atoms with van der Waals surface area (Å²) < 4.78 is 7.33. The highest BCUT2D eigenvalue weighted by Gasteiger charge is 2.31. The maximum absolute atomic E-state index is 12.6. The minimum Gasteiger partial charge on any atom is -0.418 e. The van der Waals surface area contributed by atoms with Crippen molar-refractivity contribution in [3.05, 3.63) is 21.9 Å². The third-order valence-electron chi connectivity index (χ3n) is 4.90. The average Bonchev–Trinajstić information content (AvgIpc) is 3.01. The number of carbonyl (C=O) groups excluding carboxylic acids is 2. The Labute approximate surface area is 160 Å². The fourth-order valence-corrected chi connectivity index (χ4v) is 3.11. The predicted molar refractivity (Wildman–Crippen MR) is 102 cm³/mol. The average molecular weight is 378 g/mol. The second kappa shape index (κ2) is 8.21.